The van der Waals surface area contributed by atoms with E-state index in [1.807, 2.05) is 62.4 Å². The number of nitrogens with zero attached hydrogens (tertiary/aromatic N) is 2. The molecule has 0 bridgehead atoms. The number of likely N-dealkylation sites (N-methyl/N-ethyl adjacent to an activating group) is 1. The van der Waals surface area contributed by atoms with Crippen LogP contribution in [0.5, 0.6) is 0 Å². The first-order chi connectivity index (χ1) is 21.9. The largest absolute Gasteiger partial charge is 0.460 e. The van der Waals surface area contributed by atoms with Crippen molar-refractivity contribution in [2.45, 2.75) is 81.4 Å². The van der Waals surface area contributed by atoms with Crippen LogP contribution in [0.1, 0.15) is 64.2 Å². The van der Waals surface area contributed by atoms with Crippen LogP contribution >= 0.6 is 34.8 Å². The summed E-state index contributed by atoms with van der Waals surface area (Å²) in [5.74, 6) is -1.83. The fraction of sp³-hybridized carbons (Fsp3) is 0.529. The third-order valence-corrected chi connectivity index (χ3v) is 8.88. The minimum Gasteiger partial charge on any atom is -0.460 e. The van der Waals surface area contributed by atoms with Gasteiger partial charge in [-0.2, -0.15) is 0 Å². The number of amides is 3. The Labute approximate surface area is 292 Å². The van der Waals surface area contributed by atoms with E-state index in [9.17, 15) is 24.3 Å². The molecule has 3 amide bonds. The Morgan fingerprint density at radius 1 is 1.04 bits per heavy atom. The van der Waals surface area contributed by atoms with Gasteiger partial charge in [0.1, 0.15) is 18.7 Å². The molecule has 0 unspecified atom stereocenters. The quantitative estimate of drug-likeness (QED) is 0.163. The standard InChI is InChI=1S/C34H45Cl3N4O6/c1-21(2)30(38-29(43)17-14-24-12-15-25(16-13-24)27-10-7-9-26(19-27)23(4)42)32(45)41(5,6)22(3)31(44)40-18-8-11-28(39-40)33(46)47-20-34(35,36)37/h7,9-10,12-13,15-16,19,21-23,28,30,39,42H,8,11,14,17-18,20H2,1-6H3/p+1/t22-,23+,28-,30-/m0/s1. The third kappa shape index (κ3) is 10.9. The van der Waals surface area contributed by atoms with Crippen LogP contribution in [0.4, 0.5) is 0 Å². The SMILES string of the molecule is CC(C)[C@H](NC(=O)CCc1ccc(-c2cccc([C@@H](C)O)c2)cc1)C(=O)[N+](C)(C)[C@@H](C)C(=O)N1CCC[C@@H](C(=O)OCC(Cl)(Cl)Cl)N1. The maximum absolute atomic E-state index is 13.9. The van der Waals surface area contributed by atoms with E-state index in [0.29, 0.717) is 25.8 Å². The fourth-order valence-corrected chi connectivity index (χ4v) is 5.44. The van der Waals surface area contributed by atoms with Crippen LogP contribution in [0.2, 0.25) is 0 Å². The molecule has 2 aromatic rings. The van der Waals surface area contributed by atoms with Crippen LogP contribution in [0.15, 0.2) is 48.5 Å². The molecule has 1 saturated heterocycles. The van der Waals surface area contributed by atoms with Crippen LogP contribution in [-0.4, -0.2) is 87.5 Å². The lowest BCUT2D eigenvalue weighted by atomic mass is 9.98. The first kappa shape index (κ1) is 38.7. The van der Waals surface area contributed by atoms with Gasteiger partial charge in [-0.05, 0) is 67.3 Å². The van der Waals surface area contributed by atoms with Gasteiger partial charge < -0.3 is 15.2 Å². The number of ether oxygens (including phenoxy) is 1. The third-order valence-electron chi connectivity index (χ3n) is 8.55. The highest BCUT2D eigenvalue weighted by Crippen LogP contribution is 2.27. The summed E-state index contributed by atoms with van der Waals surface area (Å²) >= 11 is 17.0. The number of carbonyl (C=O) groups is 4. The highest BCUT2D eigenvalue weighted by molar-refractivity contribution is 6.67. The van der Waals surface area contributed by atoms with Gasteiger partial charge in [-0.15, -0.1) is 0 Å². The van der Waals surface area contributed by atoms with E-state index >= 15 is 0 Å². The van der Waals surface area contributed by atoms with Crippen LogP contribution in [0, 0.1) is 5.92 Å². The molecule has 2 aromatic carbocycles. The van der Waals surface area contributed by atoms with Crippen molar-refractivity contribution in [1.82, 2.24) is 15.8 Å². The number of halogens is 3. The Hall–Kier alpha value is -2.73. The highest BCUT2D eigenvalue weighted by Gasteiger charge is 2.45. The number of alkyl halides is 3. The zero-order valence-electron chi connectivity index (χ0n) is 27.8. The molecule has 0 saturated carbocycles. The van der Waals surface area contributed by atoms with Gasteiger partial charge in [-0.25, -0.2) is 10.2 Å². The Morgan fingerprint density at radius 2 is 1.70 bits per heavy atom. The lowest BCUT2D eigenvalue weighted by Crippen LogP contribution is -2.67. The van der Waals surface area contributed by atoms with E-state index in [1.165, 1.54) is 5.01 Å². The number of hydrazine groups is 1. The molecule has 1 fully saturated rings. The normalized spacial score (nSPS) is 17.5. The lowest BCUT2D eigenvalue weighted by Gasteiger charge is -2.40. The predicted octanol–water partition coefficient (Wildman–Crippen LogP) is 4.88. The molecular weight excluding hydrogens is 667 g/mol. The molecule has 3 N–H and O–H groups in total. The molecule has 0 radical (unpaired) electrons. The molecule has 13 heteroatoms. The molecule has 47 heavy (non-hydrogen) atoms. The van der Waals surface area contributed by atoms with Crippen molar-refractivity contribution in [1.29, 1.82) is 0 Å². The van der Waals surface area contributed by atoms with E-state index in [2.05, 4.69) is 10.7 Å². The number of hydrogen-bond donors (Lipinski definition) is 3. The van der Waals surface area contributed by atoms with E-state index in [0.717, 1.165) is 22.3 Å². The van der Waals surface area contributed by atoms with Crippen molar-refractivity contribution in [2.75, 3.05) is 27.2 Å². The molecule has 3 rings (SSSR count). The number of nitrogens with one attached hydrogen (secondary N) is 2. The maximum atomic E-state index is 13.9. The number of aryl methyl sites for hydroxylation is 1. The zero-order chi connectivity index (χ0) is 35.1. The van der Waals surface area contributed by atoms with E-state index in [4.69, 9.17) is 39.5 Å². The number of hydrogen-bond acceptors (Lipinski definition) is 7. The van der Waals surface area contributed by atoms with Crippen LogP contribution in [0.25, 0.3) is 11.1 Å². The van der Waals surface area contributed by atoms with E-state index in [-0.39, 0.29) is 34.5 Å². The first-order valence-corrected chi connectivity index (χ1v) is 16.9. The van der Waals surface area contributed by atoms with Gasteiger partial charge >= 0.3 is 11.9 Å². The minimum absolute atomic E-state index is 0.183. The number of esters is 1. The average molecular weight is 713 g/mol. The maximum Gasteiger partial charge on any atom is 0.336 e. The second-order valence-electron chi connectivity index (χ2n) is 12.9. The molecule has 4 atom stereocenters. The van der Waals surface area contributed by atoms with E-state index < -0.39 is 40.6 Å². The van der Waals surface area contributed by atoms with Crippen molar-refractivity contribution in [3.05, 3.63) is 59.7 Å². The minimum atomic E-state index is -1.75. The summed E-state index contributed by atoms with van der Waals surface area (Å²) < 4.78 is 3.01. The van der Waals surface area contributed by atoms with Gasteiger partial charge in [0.05, 0.1) is 20.2 Å². The molecule has 0 aliphatic carbocycles. The van der Waals surface area contributed by atoms with Crippen molar-refractivity contribution in [3.63, 3.8) is 0 Å². The summed E-state index contributed by atoms with van der Waals surface area (Å²) in [6, 6.07) is 13.2. The molecule has 0 aromatic heterocycles. The first-order valence-electron chi connectivity index (χ1n) is 15.8. The average Bonchev–Trinajstić information content (AvgIpc) is 3.03. The molecular formula is C34H46Cl3N4O6+. The summed E-state index contributed by atoms with van der Waals surface area (Å²) in [7, 11) is 3.28. The molecule has 258 valence electrons. The Kier molecular flexibility index (Phi) is 13.7. The van der Waals surface area contributed by atoms with Gasteiger partial charge in [0.25, 0.3) is 5.91 Å². The van der Waals surface area contributed by atoms with Crippen molar-refractivity contribution in [3.8, 4) is 11.1 Å². The summed E-state index contributed by atoms with van der Waals surface area (Å²) in [5, 5.41) is 14.1. The monoisotopic (exact) mass is 711 g/mol. The predicted molar refractivity (Wildman–Crippen MR) is 183 cm³/mol. The van der Waals surface area contributed by atoms with Crippen molar-refractivity contribution >= 4 is 58.5 Å². The van der Waals surface area contributed by atoms with Crippen LogP contribution in [0.3, 0.4) is 0 Å². The van der Waals surface area contributed by atoms with Gasteiger partial charge in [0.15, 0.2) is 6.04 Å². The molecule has 1 aliphatic heterocycles. The summed E-state index contributed by atoms with van der Waals surface area (Å²) in [6.07, 6.45) is 1.07. The number of benzene rings is 2. The smallest absolute Gasteiger partial charge is 0.336 e. The van der Waals surface area contributed by atoms with Gasteiger partial charge in [-0.3, -0.25) is 23.9 Å². The molecule has 1 aliphatic rings. The zero-order valence-corrected chi connectivity index (χ0v) is 30.0. The number of rotatable bonds is 12. The van der Waals surface area contributed by atoms with Gasteiger partial charge in [0.2, 0.25) is 9.70 Å². The van der Waals surface area contributed by atoms with Gasteiger partial charge in [-0.1, -0.05) is 91.1 Å². The van der Waals surface area contributed by atoms with Crippen LogP contribution in [-0.2, 0) is 30.3 Å². The van der Waals surface area contributed by atoms with Crippen LogP contribution < -0.4 is 10.7 Å². The second-order valence-corrected chi connectivity index (χ2v) is 15.4. The molecule has 1 heterocycles. The lowest BCUT2D eigenvalue weighted by molar-refractivity contribution is -0.830. The molecule has 0 spiro atoms. The second kappa shape index (κ2) is 16.6. The van der Waals surface area contributed by atoms with E-state index in [1.54, 1.807) is 27.9 Å². The number of aliphatic hydroxyl groups excluding tert-OH is 1. The topological polar surface area (TPSA) is 125 Å². The van der Waals surface area contributed by atoms with Crippen molar-refractivity contribution < 1.29 is 33.5 Å². The summed E-state index contributed by atoms with van der Waals surface area (Å²) in [5.41, 5.74) is 6.71. The Morgan fingerprint density at radius 3 is 2.30 bits per heavy atom. The number of quaternary nitrogens is 1. The van der Waals surface area contributed by atoms with Crippen molar-refractivity contribution in [2.24, 2.45) is 5.92 Å². The number of aliphatic hydroxyl groups is 1. The summed E-state index contributed by atoms with van der Waals surface area (Å²) in [6.45, 7) is 6.99. The number of carbonyl (C=O) groups excluding carboxylic acids is 4. The Bertz CT molecular complexity index is 1410. The highest BCUT2D eigenvalue weighted by atomic mass is 35.6. The Balaban J connectivity index is 1.59. The fourth-order valence-electron chi connectivity index (χ4n) is 5.28. The summed E-state index contributed by atoms with van der Waals surface area (Å²) in [4.78, 5) is 53.0. The molecule has 10 nitrogen and oxygen atoms in total. The van der Waals surface area contributed by atoms with Gasteiger partial charge in [0, 0.05) is 13.0 Å².